The Bertz CT molecular complexity index is 540. The first kappa shape index (κ1) is 16.3. The van der Waals surface area contributed by atoms with Crippen molar-refractivity contribution in [3.05, 3.63) is 28.2 Å². The van der Waals surface area contributed by atoms with Gasteiger partial charge in [0.2, 0.25) is 5.91 Å². The number of nitrogens with one attached hydrogen (secondary N) is 2. The Morgan fingerprint density at radius 1 is 1.38 bits per heavy atom. The maximum Gasteiger partial charge on any atom is 0.416 e. The van der Waals surface area contributed by atoms with E-state index < -0.39 is 17.2 Å². The normalized spacial score (nSPS) is 22.9. The Kier molecular flexibility index (Phi) is 4.63. The molecule has 0 radical (unpaired) electrons. The highest BCUT2D eigenvalue weighted by Gasteiger charge is 2.35. The molecule has 1 aliphatic heterocycles. The molecule has 1 amide bonds. The molecule has 7 heteroatoms. The molecule has 1 saturated heterocycles. The van der Waals surface area contributed by atoms with Crippen molar-refractivity contribution in [3.63, 3.8) is 0 Å². The predicted octanol–water partition coefficient (Wildman–Crippen LogP) is 3.80. The molecule has 1 aromatic carbocycles. The molecular formula is C14H16BrF3N2O. The number of amides is 1. The predicted molar refractivity (Wildman–Crippen MR) is 78.0 cm³/mol. The molecule has 0 aromatic heterocycles. The summed E-state index contributed by atoms with van der Waals surface area (Å²) >= 11 is 3.04. The van der Waals surface area contributed by atoms with Crippen LogP contribution in [0, 0.1) is 5.41 Å². The molecule has 0 bridgehead atoms. The summed E-state index contributed by atoms with van der Waals surface area (Å²) in [6, 6.07) is 3.40. The maximum absolute atomic E-state index is 12.8. The van der Waals surface area contributed by atoms with Gasteiger partial charge < -0.3 is 10.6 Å². The van der Waals surface area contributed by atoms with Crippen molar-refractivity contribution in [3.8, 4) is 0 Å². The van der Waals surface area contributed by atoms with Gasteiger partial charge in [0.15, 0.2) is 0 Å². The van der Waals surface area contributed by atoms with Crippen molar-refractivity contribution in [1.82, 2.24) is 5.32 Å². The monoisotopic (exact) mass is 364 g/mol. The molecule has 1 atom stereocenters. The van der Waals surface area contributed by atoms with Crippen molar-refractivity contribution in [2.45, 2.75) is 25.9 Å². The third-order valence-corrected chi connectivity index (χ3v) is 4.09. The Balaban J connectivity index is 2.19. The smallest absolute Gasteiger partial charge is 0.326 e. The van der Waals surface area contributed by atoms with Crippen LogP contribution in [0.4, 0.5) is 18.9 Å². The summed E-state index contributed by atoms with van der Waals surface area (Å²) in [4.78, 5) is 12.3. The lowest BCUT2D eigenvalue weighted by atomic mass is 9.82. The number of benzene rings is 1. The summed E-state index contributed by atoms with van der Waals surface area (Å²) in [7, 11) is 0. The number of hydrogen-bond donors (Lipinski definition) is 2. The summed E-state index contributed by atoms with van der Waals surface area (Å²) in [5.41, 5.74) is -1.24. The topological polar surface area (TPSA) is 41.1 Å². The van der Waals surface area contributed by atoms with Gasteiger partial charge in [-0.3, -0.25) is 4.79 Å². The van der Waals surface area contributed by atoms with Crippen LogP contribution in [0.3, 0.4) is 0 Å². The molecule has 1 heterocycles. The van der Waals surface area contributed by atoms with Crippen LogP contribution in [-0.2, 0) is 11.0 Å². The van der Waals surface area contributed by atoms with E-state index in [2.05, 4.69) is 26.6 Å². The van der Waals surface area contributed by atoms with Crippen molar-refractivity contribution in [2.24, 2.45) is 5.41 Å². The lowest BCUT2D eigenvalue weighted by Crippen LogP contribution is -2.46. The lowest BCUT2D eigenvalue weighted by Gasteiger charge is -2.32. The van der Waals surface area contributed by atoms with E-state index in [1.54, 1.807) is 0 Å². The zero-order valence-corrected chi connectivity index (χ0v) is 13.1. The highest BCUT2D eigenvalue weighted by atomic mass is 79.9. The fraction of sp³-hybridized carbons (Fsp3) is 0.500. The largest absolute Gasteiger partial charge is 0.416 e. The van der Waals surface area contributed by atoms with Gasteiger partial charge in [-0.2, -0.15) is 13.2 Å². The Labute approximate surface area is 129 Å². The van der Waals surface area contributed by atoms with Crippen molar-refractivity contribution < 1.29 is 18.0 Å². The van der Waals surface area contributed by atoms with Crippen LogP contribution in [0.2, 0.25) is 0 Å². The second kappa shape index (κ2) is 5.96. The number of alkyl halides is 3. The molecule has 1 unspecified atom stereocenters. The van der Waals surface area contributed by atoms with Crippen LogP contribution in [0.5, 0.6) is 0 Å². The second-order valence-corrected chi connectivity index (χ2v) is 6.44. The minimum Gasteiger partial charge on any atom is -0.326 e. The summed E-state index contributed by atoms with van der Waals surface area (Å²) in [6.45, 7) is 3.20. The first-order valence-electron chi connectivity index (χ1n) is 6.61. The Morgan fingerprint density at radius 3 is 2.67 bits per heavy atom. The van der Waals surface area contributed by atoms with Crippen LogP contribution in [0.15, 0.2) is 22.7 Å². The van der Waals surface area contributed by atoms with Crippen molar-refractivity contribution >= 4 is 27.5 Å². The average Bonchev–Trinajstić information content (AvgIpc) is 2.37. The summed E-state index contributed by atoms with van der Waals surface area (Å²) in [5.74, 6) is -0.263. The zero-order chi connectivity index (χ0) is 15.7. The van der Waals surface area contributed by atoms with Crippen LogP contribution in [0.25, 0.3) is 0 Å². The molecule has 0 saturated carbocycles. The molecule has 1 aliphatic rings. The highest BCUT2D eigenvalue weighted by Crippen LogP contribution is 2.34. The molecule has 1 aromatic rings. The molecule has 116 valence electrons. The van der Waals surface area contributed by atoms with Gasteiger partial charge in [0.05, 0.1) is 11.0 Å². The Morgan fingerprint density at radius 2 is 2.10 bits per heavy atom. The second-order valence-electron chi connectivity index (χ2n) is 5.52. The number of piperidine rings is 1. The van der Waals surface area contributed by atoms with Gasteiger partial charge >= 0.3 is 6.18 Å². The van der Waals surface area contributed by atoms with E-state index in [4.69, 9.17) is 0 Å². The maximum atomic E-state index is 12.8. The SMILES string of the molecule is CC1(C(=O)Nc2cc(Br)cc(C(F)(F)F)c2)CCCNC1. The molecular weight excluding hydrogens is 349 g/mol. The van der Waals surface area contributed by atoms with Gasteiger partial charge in [0.1, 0.15) is 0 Å². The van der Waals surface area contributed by atoms with E-state index in [0.29, 0.717) is 13.0 Å². The van der Waals surface area contributed by atoms with Gasteiger partial charge in [0.25, 0.3) is 0 Å². The zero-order valence-electron chi connectivity index (χ0n) is 11.5. The van der Waals surface area contributed by atoms with E-state index in [0.717, 1.165) is 25.1 Å². The molecule has 21 heavy (non-hydrogen) atoms. The van der Waals surface area contributed by atoms with E-state index >= 15 is 0 Å². The molecule has 2 N–H and O–H groups in total. The fourth-order valence-corrected chi connectivity index (χ4v) is 2.85. The van der Waals surface area contributed by atoms with Crippen LogP contribution in [0.1, 0.15) is 25.3 Å². The minimum atomic E-state index is -4.44. The molecule has 0 aliphatic carbocycles. The summed E-state index contributed by atoms with van der Waals surface area (Å²) in [6.07, 6.45) is -2.86. The number of carbonyl (C=O) groups excluding carboxylic acids is 1. The molecule has 2 rings (SSSR count). The number of anilines is 1. The van der Waals surface area contributed by atoms with E-state index in [1.807, 2.05) is 6.92 Å². The first-order valence-corrected chi connectivity index (χ1v) is 7.40. The number of hydrogen-bond acceptors (Lipinski definition) is 2. The van der Waals surface area contributed by atoms with Gasteiger partial charge in [-0.15, -0.1) is 0 Å². The first-order chi connectivity index (χ1) is 9.71. The summed E-state index contributed by atoms with van der Waals surface area (Å²) < 4.78 is 38.6. The van der Waals surface area contributed by atoms with Crippen LogP contribution < -0.4 is 10.6 Å². The van der Waals surface area contributed by atoms with Crippen molar-refractivity contribution in [1.29, 1.82) is 0 Å². The van der Waals surface area contributed by atoms with Gasteiger partial charge in [-0.1, -0.05) is 15.9 Å². The van der Waals surface area contributed by atoms with E-state index in [1.165, 1.54) is 6.07 Å². The van der Waals surface area contributed by atoms with Crippen molar-refractivity contribution in [2.75, 3.05) is 18.4 Å². The third kappa shape index (κ3) is 3.97. The molecule has 3 nitrogen and oxygen atoms in total. The van der Waals surface area contributed by atoms with Crippen LogP contribution >= 0.6 is 15.9 Å². The molecule has 0 spiro atoms. The van der Waals surface area contributed by atoms with Gasteiger partial charge in [-0.25, -0.2) is 0 Å². The Hall–Kier alpha value is -1.08. The van der Waals surface area contributed by atoms with Gasteiger partial charge in [-0.05, 0) is 44.5 Å². The van der Waals surface area contributed by atoms with Gasteiger partial charge in [0, 0.05) is 16.7 Å². The highest BCUT2D eigenvalue weighted by molar-refractivity contribution is 9.10. The summed E-state index contributed by atoms with van der Waals surface area (Å²) in [5, 5.41) is 5.74. The number of carbonyl (C=O) groups is 1. The molecule has 1 fully saturated rings. The number of halogens is 4. The van der Waals surface area contributed by atoms with Crippen LogP contribution in [-0.4, -0.2) is 19.0 Å². The van der Waals surface area contributed by atoms with E-state index in [-0.39, 0.29) is 16.1 Å². The average molecular weight is 365 g/mol. The third-order valence-electron chi connectivity index (χ3n) is 3.63. The quantitative estimate of drug-likeness (QED) is 0.837. The number of rotatable bonds is 2. The fourth-order valence-electron chi connectivity index (χ4n) is 2.36. The van der Waals surface area contributed by atoms with E-state index in [9.17, 15) is 18.0 Å². The lowest BCUT2D eigenvalue weighted by molar-refractivity contribution is -0.137. The minimum absolute atomic E-state index is 0.147. The standard InChI is InChI=1S/C14H16BrF3N2O/c1-13(3-2-4-19-8-13)12(21)20-11-6-9(14(16,17)18)5-10(15)7-11/h5-7,19H,2-4,8H2,1H3,(H,20,21).